The normalized spacial score (nSPS) is 9.76. The molecule has 0 bridgehead atoms. The van der Waals surface area contributed by atoms with Crippen molar-refractivity contribution < 1.29 is 9.47 Å². The summed E-state index contributed by atoms with van der Waals surface area (Å²) in [4.78, 5) is 0. The van der Waals surface area contributed by atoms with Gasteiger partial charge in [0.15, 0.2) is 16.6 Å². The van der Waals surface area contributed by atoms with Crippen molar-refractivity contribution >= 4 is 17.3 Å². The Bertz CT molecular complexity index is 383. The molecule has 0 unspecified atom stereocenters. The summed E-state index contributed by atoms with van der Waals surface area (Å²) in [5.74, 6) is 1.48. The minimum atomic E-state index is 0.287. The Labute approximate surface area is 107 Å². The molecule has 0 spiro atoms. The van der Waals surface area contributed by atoms with E-state index in [-0.39, 0.29) is 5.11 Å². The Kier molecular flexibility index (Phi) is 5.56. The Balaban J connectivity index is 2.73. The molecule has 0 saturated heterocycles. The molecular formula is C12H18N2O2S. The zero-order valence-electron chi connectivity index (χ0n) is 10.2. The van der Waals surface area contributed by atoms with E-state index in [2.05, 4.69) is 12.2 Å². The lowest BCUT2D eigenvalue weighted by atomic mass is 10.2. The van der Waals surface area contributed by atoms with Crippen LogP contribution >= 0.6 is 12.2 Å². The Hall–Kier alpha value is -1.49. The largest absolute Gasteiger partial charge is 0.493 e. The van der Waals surface area contributed by atoms with E-state index in [1.54, 1.807) is 7.11 Å². The predicted octanol–water partition coefficient (Wildman–Crippen LogP) is 1.82. The molecule has 0 aliphatic heterocycles. The molecule has 1 aromatic rings. The molecule has 0 heterocycles. The van der Waals surface area contributed by atoms with Crippen LogP contribution in [0, 0.1) is 0 Å². The highest BCUT2D eigenvalue weighted by Crippen LogP contribution is 2.28. The first kappa shape index (κ1) is 13.6. The third-order valence-corrected chi connectivity index (χ3v) is 2.30. The predicted molar refractivity (Wildman–Crippen MR) is 72.4 cm³/mol. The highest BCUT2D eigenvalue weighted by molar-refractivity contribution is 7.80. The van der Waals surface area contributed by atoms with Gasteiger partial charge in [-0.2, -0.15) is 0 Å². The van der Waals surface area contributed by atoms with Gasteiger partial charge in [0.25, 0.3) is 0 Å². The van der Waals surface area contributed by atoms with Gasteiger partial charge in [-0.1, -0.05) is 13.0 Å². The summed E-state index contributed by atoms with van der Waals surface area (Å²) >= 11 is 4.75. The van der Waals surface area contributed by atoms with Crippen LogP contribution in [0.1, 0.15) is 18.9 Å². The summed E-state index contributed by atoms with van der Waals surface area (Å²) in [5, 5.41) is 3.18. The number of hydrogen-bond donors (Lipinski definition) is 2. The molecule has 0 fully saturated rings. The fraction of sp³-hybridized carbons (Fsp3) is 0.417. The van der Waals surface area contributed by atoms with Crippen LogP contribution in [0.25, 0.3) is 0 Å². The molecule has 0 aromatic heterocycles. The van der Waals surface area contributed by atoms with Gasteiger partial charge in [-0.3, -0.25) is 0 Å². The van der Waals surface area contributed by atoms with E-state index in [4.69, 9.17) is 27.4 Å². The zero-order valence-corrected chi connectivity index (χ0v) is 11.0. The van der Waals surface area contributed by atoms with Gasteiger partial charge in [0.1, 0.15) is 0 Å². The number of nitrogens with two attached hydrogens (primary N) is 1. The monoisotopic (exact) mass is 254 g/mol. The fourth-order valence-corrected chi connectivity index (χ4v) is 1.41. The number of nitrogens with one attached hydrogen (secondary N) is 1. The second-order valence-corrected chi connectivity index (χ2v) is 3.99. The number of rotatable bonds is 6. The minimum Gasteiger partial charge on any atom is -0.493 e. The van der Waals surface area contributed by atoms with Crippen molar-refractivity contribution in [3.8, 4) is 11.5 Å². The lowest BCUT2D eigenvalue weighted by Gasteiger charge is -2.12. The van der Waals surface area contributed by atoms with Crippen LogP contribution in [0.4, 0.5) is 0 Å². The van der Waals surface area contributed by atoms with Crippen LogP contribution in [0.3, 0.4) is 0 Å². The number of thiocarbonyl (C=S) groups is 1. The summed E-state index contributed by atoms with van der Waals surface area (Å²) in [6, 6.07) is 5.76. The van der Waals surface area contributed by atoms with Crippen molar-refractivity contribution in [3.63, 3.8) is 0 Å². The van der Waals surface area contributed by atoms with Crippen molar-refractivity contribution in [1.82, 2.24) is 5.32 Å². The SMILES string of the molecule is CCCOc1ccc(CNC(N)=S)cc1OC. The number of ether oxygens (including phenoxy) is 2. The van der Waals surface area contributed by atoms with Gasteiger partial charge < -0.3 is 20.5 Å². The van der Waals surface area contributed by atoms with E-state index in [9.17, 15) is 0 Å². The fourth-order valence-electron chi connectivity index (χ4n) is 1.34. The number of methoxy groups -OCH3 is 1. The second-order valence-electron chi connectivity index (χ2n) is 3.55. The molecule has 0 amide bonds. The first-order valence-electron chi connectivity index (χ1n) is 5.50. The summed E-state index contributed by atoms with van der Waals surface area (Å²) in [6.07, 6.45) is 0.966. The average molecular weight is 254 g/mol. The molecule has 1 rings (SSSR count). The third kappa shape index (κ3) is 4.48. The van der Waals surface area contributed by atoms with Crippen molar-refractivity contribution in [1.29, 1.82) is 0 Å². The summed E-state index contributed by atoms with van der Waals surface area (Å²) in [7, 11) is 1.62. The van der Waals surface area contributed by atoms with Crippen molar-refractivity contribution in [2.45, 2.75) is 19.9 Å². The van der Waals surface area contributed by atoms with E-state index in [0.29, 0.717) is 13.2 Å². The van der Waals surface area contributed by atoms with Crippen molar-refractivity contribution in [2.75, 3.05) is 13.7 Å². The molecule has 94 valence electrons. The molecule has 5 heteroatoms. The first-order valence-corrected chi connectivity index (χ1v) is 5.91. The van der Waals surface area contributed by atoms with Crippen molar-refractivity contribution in [2.24, 2.45) is 5.73 Å². The van der Waals surface area contributed by atoms with E-state index in [1.807, 2.05) is 18.2 Å². The zero-order chi connectivity index (χ0) is 12.7. The first-order chi connectivity index (χ1) is 8.17. The Morgan fingerprint density at radius 2 is 2.18 bits per heavy atom. The molecule has 1 aromatic carbocycles. The van der Waals surface area contributed by atoms with E-state index >= 15 is 0 Å². The molecule has 0 aliphatic carbocycles. The molecule has 0 radical (unpaired) electrons. The lowest BCUT2D eigenvalue weighted by molar-refractivity contribution is 0.294. The van der Waals surface area contributed by atoms with E-state index in [0.717, 1.165) is 23.5 Å². The molecule has 3 N–H and O–H groups in total. The van der Waals surface area contributed by atoms with Crippen LogP contribution < -0.4 is 20.5 Å². The van der Waals surface area contributed by atoms with Gasteiger partial charge in [-0.25, -0.2) is 0 Å². The smallest absolute Gasteiger partial charge is 0.163 e. The molecule has 0 atom stereocenters. The van der Waals surface area contributed by atoms with Gasteiger partial charge in [0.05, 0.1) is 13.7 Å². The van der Waals surface area contributed by atoms with Crippen LogP contribution in [-0.4, -0.2) is 18.8 Å². The maximum atomic E-state index is 5.56. The minimum absolute atomic E-state index is 0.287. The molecule has 0 aliphatic rings. The average Bonchev–Trinajstić information content (AvgIpc) is 2.34. The van der Waals surface area contributed by atoms with Gasteiger partial charge in [-0.05, 0) is 36.3 Å². The lowest BCUT2D eigenvalue weighted by Crippen LogP contribution is -2.28. The number of hydrogen-bond acceptors (Lipinski definition) is 3. The van der Waals surface area contributed by atoms with Crippen LogP contribution in [-0.2, 0) is 6.54 Å². The topological polar surface area (TPSA) is 56.5 Å². The van der Waals surface area contributed by atoms with Gasteiger partial charge >= 0.3 is 0 Å². The highest BCUT2D eigenvalue weighted by Gasteiger charge is 2.05. The van der Waals surface area contributed by atoms with E-state index < -0.39 is 0 Å². The standard InChI is InChI=1S/C12H18N2O2S/c1-3-6-16-10-5-4-9(7-11(10)15-2)8-14-12(13)17/h4-5,7H,3,6,8H2,1-2H3,(H3,13,14,17). The van der Waals surface area contributed by atoms with Crippen molar-refractivity contribution in [3.05, 3.63) is 23.8 Å². The van der Waals surface area contributed by atoms with Crippen LogP contribution in [0.2, 0.25) is 0 Å². The molecule has 17 heavy (non-hydrogen) atoms. The van der Waals surface area contributed by atoms with Gasteiger partial charge in [0, 0.05) is 6.54 Å². The molecular weight excluding hydrogens is 236 g/mol. The van der Waals surface area contributed by atoms with Crippen LogP contribution in [0.15, 0.2) is 18.2 Å². The summed E-state index contributed by atoms with van der Waals surface area (Å²) in [5.41, 5.74) is 6.41. The third-order valence-electron chi connectivity index (χ3n) is 2.16. The number of benzene rings is 1. The second kappa shape index (κ2) is 6.96. The van der Waals surface area contributed by atoms with Gasteiger partial charge in [0.2, 0.25) is 0 Å². The molecule has 4 nitrogen and oxygen atoms in total. The quantitative estimate of drug-likeness (QED) is 0.758. The Morgan fingerprint density at radius 3 is 2.76 bits per heavy atom. The summed E-state index contributed by atoms with van der Waals surface area (Å²) in [6.45, 7) is 3.33. The molecule has 0 saturated carbocycles. The Morgan fingerprint density at radius 1 is 1.41 bits per heavy atom. The highest BCUT2D eigenvalue weighted by atomic mass is 32.1. The van der Waals surface area contributed by atoms with E-state index in [1.165, 1.54) is 0 Å². The van der Waals surface area contributed by atoms with Gasteiger partial charge in [-0.15, -0.1) is 0 Å². The summed E-state index contributed by atoms with van der Waals surface area (Å²) < 4.78 is 10.8. The van der Waals surface area contributed by atoms with Crippen LogP contribution in [0.5, 0.6) is 11.5 Å². The maximum absolute atomic E-state index is 5.56. The maximum Gasteiger partial charge on any atom is 0.163 e.